The van der Waals surface area contributed by atoms with Gasteiger partial charge in [-0.3, -0.25) is 4.79 Å². The zero-order valence-electron chi connectivity index (χ0n) is 16.2. The predicted molar refractivity (Wildman–Crippen MR) is 111 cm³/mol. The average molecular weight is 439 g/mol. The van der Waals surface area contributed by atoms with Gasteiger partial charge in [-0.1, -0.05) is 11.6 Å². The molecular weight excluding hydrogens is 416 g/mol. The van der Waals surface area contributed by atoms with Gasteiger partial charge in [0, 0.05) is 23.8 Å². The summed E-state index contributed by atoms with van der Waals surface area (Å²) < 4.78 is 37.7. The van der Waals surface area contributed by atoms with Gasteiger partial charge >= 0.3 is 0 Å². The number of hydrogen-bond acceptors (Lipinski definition) is 5. The predicted octanol–water partition coefficient (Wildman–Crippen LogP) is 3.16. The molecule has 0 spiro atoms. The smallest absolute Gasteiger partial charge is 0.267 e. The number of rotatable bonds is 6. The van der Waals surface area contributed by atoms with Crippen molar-refractivity contribution in [3.63, 3.8) is 0 Å². The van der Waals surface area contributed by atoms with E-state index in [0.29, 0.717) is 42.8 Å². The number of carbonyl (C=O) groups is 1. The molecule has 9 heteroatoms. The summed E-state index contributed by atoms with van der Waals surface area (Å²) in [6, 6.07) is 12.8. The lowest BCUT2D eigenvalue weighted by atomic mass is 10.1. The highest BCUT2D eigenvalue weighted by atomic mass is 35.5. The maximum Gasteiger partial charge on any atom is 0.267 e. The summed E-state index contributed by atoms with van der Waals surface area (Å²) in [4.78, 5) is 12.8. The fourth-order valence-corrected chi connectivity index (χ4v) is 4.31. The number of amides is 1. The third kappa shape index (κ3) is 5.27. The van der Waals surface area contributed by atoms with E-state index >= 15 is 0 Å². The minimum atomic E-state index is -3.57. The molecule has 2 aromatic rings. The third-order valence-corrected chi connectivity index (χ3v) is 6.62. The van der Waals surface area contributed by atoms with Crippen molar-refractivity contribution < 1.29 is 22.7 Å². The monoisotopic (exact) mass is 438 g/mol. The summed E-state index contributed by atoms with van der Waals surface area (Å²) in [7, 11) is -3.57. The second-order valence-corrected chi connectivity index (χ2v) is 9.44. The van der Waals surface area contributed by atoms with Crippen molar-refractivity contribution in [3.8, 4) is 5.75 Å². The van der Waals surface area contributed by atoms with Gasteiger partial charge in [-0.25, -0.2) is 8.42 Å². The molecule has 1 N–H and O–H groups in total. The second kappa shape index (κ2) is 8.71. The number of nitrogens with one attached hydrogen (secondary N) is 1. The molecule has 1 aliphatic rings. The number of morpholine rings is 1. The molecule has 0 atom stereocenters. The normalized spacial score (nSPS) is 15.7. The van der Waals surface area contributed by atoms with Crippen LogP contribution in [0, 0.1) is 0 Å². The van der Waals surface area contributed by atoms with Gasteiger partial charge in [0.15, 0.2) is 5.60 Å². The lowest BCUT2D eigenvalue weighted by Gasteiger charge is -2.26. The number of benzene rings is 2. The van der Waals surface area contributed by atoms with E-state index in [1.54, 1.807) is 50.2 Å². The molecule has 3 rings (SSSR count). The van der Waals surface area contributed by atoms with Crippen LogP contribution in [0.2, 0.25) is 5.02 Å². The van der Waals surface area contributed by atoms with Crippen molar-refractivity contribution in [2.24, 2.45) is 0 Å². The summed E-state index contributed by atoms with van der Waals surface area (Å²) in [5, 5.41) is 3.33. The molecule has 1 saturated heterocycles. The van der Waals surface area contributed by atoms with Crippen LogP contribution in [0.4, 0.5) is 5.69 Å². The van der Waals surface area contributed by atoms with Crippen LogP contribution in [0.25, 0.3) is 0 Å². The van der Waals surface area contributed by atoms with Gasteiger partial charge in [-0.15, -0.1) is 0 Å². The molecule has 0 unspecified atom stereocenters. The van der Waals surface area contributed by atoms with Gasteiger partial charge < -0.3 is 14.8 Å². The molecule has 0 aromatic heterocycles. The molecule has 0 saturated carbocycles. The van der Waals surface area contributed by atoms with Gasteiger partial charge in [0.1, 0.15) is 5.75 Å². The molecule has 2 aromatic carbocycles. The first-order chi connectivity index (χ1) is 13.7. The van der Waals surface area contributed by atoms with E-state index in [0.717, 1.165) is 0 Å². The number of carbonyl (C=O) groups excluding carboxylic acids is 1. The Morgan fingerprint density at radius 3 is 2.24 bits per heavy atom. The fourth-order valence-electron chi connectivity index (χ4n) is 2.77. The lowest BCUT2D eigenvalue weighted by molar-refractivity contribution is -0.128. The summed E-state index contributed by atoms with van der Waals surface area (Å²) in [5.74, 6) is 0.151. The topological polar surface area (TPSA) is 84.9 Å². The minimum absolute atomic E-state index is 0.175. The third-order valence-electron chi connectivity index (χ3n) is 4.45. The minimum Gasteiger partial charge on any atom is -0.478 e. The zero-order valence-corrected chi connectivity index (χ0v) is 17.8. The Hall–Kier alpha value is -2.13. The Labute approximate surface area is 175 Å². The van der Waals surface area contributed by atoms with Crippen molar-refractivity contribution in [3.05, 3.63) is 53.6 Å². The van der Waals surface area contributed by atoms with E-state index in [-0.39, 0.29) is 10.8 Å². The molecule has 0 aliphatic carbocycles. The molecule has 1 amide bonds. The Morgan fingerprint density at radius 1 is 1.07 bits per heavy atom. The van der Waals surface area contributed by atoms with Crippen LogP contribution >= 0.6 is 11.6 Å². The molecule has 0 radical (unpaired) electrons. The van der Waals surface area contributed by atoms with Crippen molar-refractivity contribution in [1.29, 1.82) is 0 Å². The van der Waals surface area contributed by atoms with Crippen LogP contribution in [0.1, 0.15) is 13.8 Å². The number of sulfonamides is 1. The number of nitrogens with zero attached hydrogens (tertiary/aromatic N) is 1. The van der Waals surface area contributed by atoms with Gasteiger partial charge in [0.05, 0.1) is 18.1 Å². The Kier molecular flexibility index (Phi) is 6.48. The molecule has 29 heavy (non-hydrogen) atoms. The van der Waals surface area contributed by atoms with Gasteiger partial charge in [0.2, 0.25) is 10.0 Å². The van der Waals surface area contributed by atoms with Crippen molar-refractivity contribution in [2.75, 3.05) is 31.6 Å². The first-order valence-electron chi connectivity index (χ1n) is 9.12. The molecule has 1 aliphatic heterocycles. The Bertz CT molecular complexity index is 953. The highest BCUT2D eigenvalue weighted by Gasteiger charge is 2.30. The van der Waals surface area contributed by atoms with Crippen LogP contribution in [0.5, 0.6) is 5.75 Å². The quantitative estimate of drug-likeness (QED) is 0.748. The number of ether oxygens (including phenoxy) is 2. The fraction of sp³-hybridized carbons (Fsp3) is 0.350. The standard InChI is InChI=1S/C20H23ClN2O5S/c1-20(2,28-17-7-3-15(21)4-8-17)19(24)22-16-5-9-18(10-6-16)29(25,26)23-11-13-27-14-12-23/h3-10H,11-14H2,1-2H3,(H,22,24). The van der Waals surface area contributed by atoms with Crippen LogP contribution in [-0.2, 0) is 19.6 Å². The summed E-state index contributed by atoms with van der Waals surface area (Å²) in [6.07, 6.45) is 0. The van der Waals surface area contributed by atoms with E-state index in [1.165, 1.54) is 16.4 Å². The molecular formula is C20H23ClN2O5S. The first kappa shape index (κ1) is 21.6. The largest absolute Gasteiger partial charge is 0.478 e. The SMILES string of the molecule is CC(C)(Oc1ccc(Cl)cc1)C(=O)Nc1ccc(S(=O)(=O)N2CCOCC2)cc1. The maximum absolute atomic E-state index is 12.7. The molecule has 156 valence electrons. The van der Waals surface area contributed by atoms with E-state index in [2.05, 4.69) is 5.32 Å². The molecule has 0 bridgehead atoms. The van der Waals surface area contributed by atoms with Crippen LogP contribution in [0.15, 0.2) is 53.4 Å². The van der Waals surface area contributed by atoms with E-state index in [9.17, 15) is 13.2 Å². The van der Waals surface area contributed by atoms with Crippen LogP contribution in [0.3, 0.4) is 0 Å². The van der Waals surface area contributed by atoms with Crippen LogP contribution < -0.4 is 10.1 Å². The Balaban J connectivity index is 1.66. The van der Waals surface area contributed by atoms with E-state index < -0.39 is 15.6 Å². The van der Waals surface area contributed by atoms with Gasteiger partial charge in [-0.2, -0.15) is 4.31 Å². The Morgan fingerprint density at radius 2 is 1.66 bits per heavy atom. The van der Waals surface area contributed by atoms with Gasteiger partial charge in [0.25, 0.3) is 5.91 Å². The summed E-state index contributed by atoms with van der Waals surface area (Å²) >= 11 is 5.86. The average Bonchev–Trinajstić information content (AvgIpc) is 2.70. The zero-order chi connectivity index (χ0) is 21.1. The van der Waals surface area contributed by atoms with E-state index in [4.69, 9.17) is 21.1 Å². The first-order valence-corrected chi connectivity index (χ1v) is 10.9. The number of anilines is 1. The highest BCUT2D eigenvalue weighted by molar-refractivity contribution is 7.89. The van der Waals surface area contributed by atoms with E-state index in [1.807, 2.05) is 0 Å². The number of halogens is 1. The highest BCUT2D eigenvalue weighted by Crippen LogP contribution is 2.23. The number of hydrogen-bond donors (Lipinski definition) is 1. The van der Waals surface area contributed by atoms with Crippen molar-refractivity contribution in [2.45, 2.75) is 24.3 Å². The second-order valence-electron chi connectivity index (χ2n) is 7.06. The maximum atomic E-state index is 12.7. The lowest BCUT2D eigenvalue weighted by Crippen LogP contribution is -2.42. The summed E-state index contributed by atoms with van der Waals surface area (Å²) in [5.41, 5.74) is -0.671. The van der Waals surface area contributed by atoms with Gasteiger partial charge in [-0.05, 0) is 62.4 Å². The molecule has 7 nitrogen and oxygen atoms in total. The molecule has 1 heterocycles. The summed E-state index contributed by atoms with van der Waals surface area (Å²) in [6.45, 7) is 4.72. The van der Waals surface area contributed by atoms with Crippen molar-refractivity contribution >= 4 is 33.2 Å². The molecule has 1 fully saturated rings. The van der Waals surface area contributed by atoms with Crippen molar-refractivity contribution in [1.82, 2.24) is 4.31 Å². The van der Waals surface area contributed by atoms with Crippen LogP contribution in [-0.4, -0.2) is 50.5 Å².